The summed E-state index contributed by atoms with van der Waals surface area (Å²) in [4.78, 5) is 39.1. The molecule has 35 heavy (non-hydrogen) atoms. The highest BCUT2D eigenvalue weighted by Gasteiger charge is 2.33. The van der Waals surface area contributed by atoms with Crippen LogP contribution in [0.2, 0.25) is 0 Å². The van der Waals surface area contributed by atoms with E-state index >= 15 is 0 Å². The molecular weight excluding hydrogens is 462 g/mol. The minimum absolute atomic E-state index is 0.0329. The molecule has 2 heterocycles. The second kappa shape index (κ2) is 11.7. The van der Waals surface area contributed by atoms with Crippen molar-refractivity contribution >= 4 is 39.9 Å². The van der Waals surface area contributed by atoms with Crippen molar-refractivity contribution in [2.45, 2.75) is 39.0 Å². The lowest BCUT2D eigenvalue weighted by atomic mass is 10.1. The van der Waals surface area contributed by atoms with Crippen LogP contribution in [-0.4, -0.2) is 45.9 Å². The van der Waals surface area contributed by atoms with E-state index in [9.17, 15) is 14.4 Å². The van der Waals surface area contributed by atoms with Crippen LogP contribution in [-0.2, 0) is 22.4 Å². The van der Waals surface area contributed by atoms with Crippen molar-refractivity contribution in [2.75, 3.05) is 23.7 Å². The van der Waals surface area contributed by atoms with E-state index in [0.717, 1.165) is 30.7 Å². The van der Waals surface area contributed by atoms with Gasteiger partial charge in [-0.2, -0.15) is 0 Å². The van der Waals surface area contributed by atoms with Crippen molar-refractivity contribution < 1.29 is 14.4 Å². The second-order valence-electron chi connectivity index (χ2n) is 8.60. The standard InChI is InChI=1S/C26H29N5O3S/c1-2-3-15-31-17-20(16-23(31)32)25(34)27-21-12-10-19(11-13-21)24(33)28-26-30-29-22(35-26)14-9-18-7-5-4-6-8-18/h4-8,10-13,20H,2-3,9,14-17H2,1H3,(H,27,34)(H,28,30,33). The molecule has 2 N–H and O–H groups in total. The molecule has 1 aliphatic heterocycles. The number of carbonyl (C=O) groups excluding carboxylic acids is 3. The zero-order valence-electron chi connectivity index (χ0n) is 19.7. The van der Waals surface area contributed by atoms with Gasteiger partial charge >= 0.3 is 0 Å². The van der Waals surface area contributed by atoms with Gasteiger partial charge in [-0.25, -0.2) is 0 Å². The Morgan fingerprint density at radius 2 is 1.80 bits per heavy atom. The molecule has 1 saturated heterocycles. The SMILES string of the molecule is CCCCN1CC(C(=O)Nc2ccc(C(=O)Nc3nnc(CCc4ccccc4)s3)cc2)CC1=O. The van der Waals surface area contributed by atoms with E-state index in [1.807, 2.05) is 18.2 Å². The van der Waals surface area contributed by atoms with Gasteiger partial charge in [0.05, 0.1) is 5.92 Å². The predicted molar refractivity (Wildman–Crippen MR) is 136 cm³/mol. The largest absolute Gasteiger partial charge is 0.342 e. The highest BCUT2D eigenvalue weighted by molar-refractivity contribution is 7.15. The maximum atomic E-state index is 12.6. The molecule has 0 spiro atoms. The summed E-state index contributed by atoms with van der Waals surface area (Å²) in [5, 5.41) is 15.2. The van der Waals surface area contributed by atoms with Crippen LogP contribution >= 0.6 is 11.3 Å². The first-order valence-corrected chi connectivity index (χ1v) is 12.7. The second-order valence-corrected chi connectivity index (χ2v) is 9.66. The summed E-state index contributed by atoms with van der Waals surface area (Å²) in [7, 11) is 0. The zero-order chi connectivity index (χ0) is 24.6. The lowest BCUT2D eigenvalue weighted by molar-refractivity contribution is -0.128. The fourth-order valence-corrected chi connectivity index (χ4v) is 4.67. The summed E-state index contributed by atoms with van der Waals surface area (Å²) in [6, 6.07) is 16.8. The van der Waals surface area contributed by atoms with Crippen molar-refractivity contribution in [3.63, 3.8) is 0 Å². The Morgan fingerprint density at radius 1 is 1.03 bits per heavy atom. The summed E-state index contributed by atoms with van der Waals surface area (Å²) in [6.45, 7) is 3.24. The Labute approximate surface area is 208 Å². The number of hydrogen-bond acceptors (Lipinski definition) is 6. The van der Waals surface area contributed by atoms with Gasteiger partial charge in [-0.15, -0.1) is 10.2 Å². The van der Waals surface area contributed by atoms with Crippen LogP contribution in [0.25, 0.3) is 0 Å². The quantitative estimate of drug-likeness (QED) is 0.443. The van der Waals surface area contributed by atoms with Crippen LogP contribution in [0.5, 0.6) is 0 Å². The number of unbranched alkanes of at least 4 members (excludes halogenated alkanes) is 1. The molecular formula is C26H29N5O3S. The molecule has 1 unspecified atom stereocenters. The molecule has 3 aromatic rings. The van der Waals surface area contributed by atoms with Crippen molar-refractivity contribution in [1.82, 2.24) is 15.1 Å². The number of aryl methyl sites for hydroxylation is 2. The van der Waals surface area contributed by atoms with Gasteiger partial charge in [-0.1, -0.05) is 55.0 Å². The first-order chi connectivity index (χ1) is 17.0. The first-order valence-electron chi connectivity index (χ1n) is 11.9. The molecule has 1 aliphatic rings. The summed E-state index contributed by atoms with van der Waals surface area (Å²) in [6.07, 6.45) is 3.81. The van der Waals surface area contributed by atoms with Crippen molar-refractivity contribution in [3.05, 3.63) is 70.7 Å². The molecule has 4 rings (SSSR count). The van der Waals surface area contributed by atoms with E-state index in [1.54, 1.807) is 29.2 Å². The summed E-state index contributed by atoms with van der Waals surface area (Å²) < 4.78 is 0. The van der Waals surface area contributed by atoms with E-state index in [2.05, 4.69) is 39.9 Å². The van der Waals surface area contributed by atoms with Gasteiger partial charge in [0.25, 0.3) is 5.91 Å². The Hall–Kier alpha value is -3.59. The van der Waals surface area contributed by atoms with E-state index in [0.29, 0.717) is 29.5 Å². The molecule has 8 nitrogen and oxygen atoms in total. The van der Waals surface area contributed by atoms with Crippen LogP contribution in [0.15, 0.2) is 54.6 Å². The highest BCUT2D eigenvalue weighted by atomic mass is 32.1. The zero-order valence-corrected chi connectivity index (χ0v) is 20.5. The predicted octanol–water partition coefficient (Wildman–Crippen LogP) is 4.16. The van der Waals surface area contributed by atoms with E-state index < -0.39 is 0 Å². The number of benzene rings is 2. The third-order valence-corrected chi connectivity index (χ3v) is 6.84. The Kier molecular flexibility index (Phi) is 8.20. The molecule has 1 fully saturated rings. The molecule has 0 radical (unpaired) electrons. The van der Waals surface area contributed by atoms with Gasteiger partial charge < -0.3 is 10.2 Å². The number of nitrogens with zero attached hydrogens (tertiary/aromatic N) is 3. The Bertz CT molecular complexity index is 1160. The molecule has 0 saturated carbocycles. The summed E-state index contributed by atoms with van der Waals surface area (Å²) in [5.41, 5.74) is 2.27. The van der Waals surface area contributed by atoms with Gasteiger partial charge in [0.15, 0.2) is 0 Å². The smallest absolute Gasteiger partial charge is 0.257 e. The van der Waals surface area contributed by atoms with Gasteiger partial charge in [0, 0.05) is 37.2 Å². The average Bonchev–Trinajstić information content (AvgIpc) is 3.48. The normalized spacial score (nSPS) is 15.3. The van der Waals surface area contributed by atoms with Crippen LogP contribution < -0.4 is 10.6 Å². The molecule has 1 aromatic heterocycles. The molecule has 3 amide bonds. The van der Waals surface area contributed by atoms with Gasteiger partial charge in [-0.3, -0.25) is 19.7 Å². The molecule has 2 aromatic carbocycles. The third-order valence-electron chi connectivity index (χ3n) is 5.94. The highest BCUT2D eigenvalue weighted by Crippen LogP contribution is 2.22. The molecule has 1 atom stereocenters. The summed E-state index contributed by atoms with van der Waals surface area (Å²) >= 11 is 1.36. The fourth-order valence-electron chi connectivity index (χ4n) is 3.93. The van der Waals surface area contributed by atoms with Crippen LogP contribution in [0.1, 0.15) is 47.1 Å². The van der Waals surface area contributed by atoms with E-state index in [-0.39, 0.29) is 30.1 Å². The summed E-state index contributed by atoms with van der Waals surface area (Å²) in [5.74, 6) is -0.783. The topological polar surface area (TPSA) is 104 Å². The monoisotopic (exact) mass is 491 g/mol. The molecule has 182 valence electrons. The lowest BCUT2D eigenvalue weighted by Crippen LogP contribution is -2.29. The third kappa shape index (κ3) is 6.73. The number of aromatic nitrogens is 2. The van der Waals surface area contributed by atoms with Crippen molar-refractivity contribution in [2.24, 2.45) is 5.92 Å². The Morgan fingerprint density at radius 3 is 2.54 bits per heavy atom. The van der Waals surface area contributed by atoms with Crippen molar-refractivity contribution in [3.8, 4) is 0 Å². The van der Waals surface area contributed by atoms with Gasteiger partial charge in [0.1, 0.15) is 5.01 Å². The van der Waals surface area contributed by atoms with E-state index in [1.165, 1.54) is 16.9 Å². The number of carbonyl (C=O) groups is 3. The van der Waals surface area contributed by atoms with Gasteiger partial charge in [-0.05, 0) is 42.7 Å². The maximum absolute atomic E-state index is 12.6. The number of nitrogens with one attached hydrogen (secondary N) is 2. The van der Waals surface area contributed by atoms with Crippen LogP contribution in [0, 0.1) is 5.92 Å². The number of likely N-dealkylation sites (tertiary alicyclic amines) is 1. The molecule has 0 aliphatic carbocycles. The maximum Gasteiger partial charge on any atom is 0.257 e. The Balaban J connectivity index is 1.26. The molecule has 0 bridgehead atoms. The first kappa shape index (κ1) is 24.5. The number of hydrogen-bond donors (Lipinski definition) is 2. The number of anilines is 2. The number of rotatable bonds is 10. The minimum atomic E-state index is -0.351. The van der Waals surface area contributed by atoms with Crippen molar-refractivity contribution in [1.29, 1.82) is 0 Å². The fraction of sp³-hybridized carbons (Fsp3) is 0.346. The minimum Gasteiger partial charge on any atom is -0.342 e. The average molecular weight is 492 g/mol. The molecule has 9 heteroatoms. The van der Waals surface area contributed by atoms with Crippen LogP contribution in [0.4, 0.5) is 10.8 Å². The van der Waals surface area contributed by atoms with Crippen LogP contribution in [0.3, 0.4) is 0 Å². The number of amides is 3. The van der Waals surface area contributed by atoms with E-state index in [4.69, 9.17) is 0 Å². The lowest BCUT2D eigenvalue weighted by Gasteiger charge is -2.16. The van der Waals surface area contributed by atoms with Gasteiger partial charge in [0.2, 0.25) is 16.9 Å².